The largest absolute Gasteiger partial charge is 0.495 e. The van der Waals surface area contributed by atoms with Crippen LogP contribution in [0.2, 0.25) is 0 Å². The molecule has 0 radical (unpaired) electrons. The molecule has 2 heterocycles. The van der Waals surface area contributed by atoms with Crippen LogP contribution < -0.4 is 20.3 Å². The number of rotatable bonds is 6. The van der Waals surface area contributed by atoms with Crippen LogP contribution in [0.4, 0.5) is 22.7 Å². The van der Waals surface area contributed by atoms with Crippen molar-refractivity contribution in [3.8, 4) is 5.75 Å². The minimum Gasteiger partial charge on any atom is -0.495 e. The lowest BCUT2D eigenvalue weighted by molar-refractivity contribution is 0.102. The first kappa shape index (κ1) is 18.8. The molecule has 0 atom stereocenters. The number of pyridine rings is 1. The highest BCUT2D eigenvalue weighted by Gasteiger charge is 2.13. The monoisotopic (exact) mass is 388 g/mol. The highest BCUT2D eigenvalue weighted by molar-refractivity contribution is 6.04. The third-order valence-corrected chi connectivity index (χ3v) is 4.98. The van der Waals surface area contributed by atoms with E-state index >= 15 is 0 Å². The summed E-state index contributed by atoms with van der Waals surface area (Å²) in [6.07, 6.45) is 5.71. The molecule has 6 heteroatoms. The van der Waals surface area contributed by atoms with Gasteiger partial charge < -0.3 is 20.3 Å². The fourth-order valence-corrected chi connectivity index (χ4v) is 3.47. The minimum atomic E-state index is -0.199. The Kier molecular flexibility index (Phi) is 5.61. The first-order valence-corrected chi connectivity index (χ1v) is 9.74. The second-order valence-corrected chi connectivity index (χ2v) is 6.98. The summed E-state index contributed by atoms with van der Waals surface area (Å²) in [5.74, 6) is 0.524. The van der Waals surface area contributed by atoms with Gasteiger partial charge in [0.1, 0.15) is 5.75 Å². The van der Waals surface area contributed by atoms with Gasteiger partial charge in [0, 0.05) is 30.7 Å². The Labute approximate surface area is 170 Å². The maximum Gasteiger partial charge on any atom is 0.257 e. The molecular weight excluding hydrogens is 364 g/mol. The van der Waals surface area contributed by atoms with Gasteiger partial charge in [0.05, 0.1) is 30.2 Å². The number of aromatic nitrogens is 1. The highest BCUT2D eigenvalue weighted by atomic mass is 16.5. The van der Waals surface area contributed by atoms with E-state index in [4.69, 9.17) is 4.74 Å². The topological polar surface area (TPSA) is 66.5 Å². The fourth-order valence-electron chi connectivity index (χ4n) is 3.47. The van der Waals surface area contributed by atoms with Gasteiger partial charge in [-0.3, -0.25) is 9.78 Å². The van der Waals surface area contributed by atoms with Crippen molar-refractivity contribution in [2.24, 2.45) is 0 Å². The molecule has 6 nitrogen and oxygen atoms in total. The number of nitrogens with zero attached hydrogens (tertiary/aromatic N) is 2. The maximum absolute atomic E-state index is 12.7. The Morgan fingerprint density at radius 2 is 1.76 bits per heavy atom. The Morgan fingerprint density at radius 3 is 2.52 bits per heavy atom. The number of hydrogen-bond acceptors (Lipinski definition) is 5. The first-order chi connectivity index (χ1) is 14.2. The van der Waals surface area contributed by atoms with Gasteiger partial charge in [0.15, 0.2) is 0 Å². The van der Waals surface area contributed by atoms with Crippen molar-refractivity contribution in [3.63, 3.8) is 0 Å². The number of amides is 1. The van der Waals surface area contributed by atoms with Gasteiger partial charge in [-0.1, -0.05) is 12.1 Å². The summed E-state index contributed by atoms with van der Waals surface area (Å²) in [4.78, 5) is 19.2. The van der Waals surface area contributed by atoms with Crippen molar-refractivity contribution >= 4 is 28.7 Å². The van der Waals surface area contributed by atoms with E-state index in [2.05, 4.69) is 32.7 Å². The molecule has 1 aromatic heterocycles. The van der Waals surface area contributed by atoms with Crippen LogP contribution in [0.5, 0.6) is 5.75 Å². The van der Waals surface area contributed by atoms with E-state index in [-0.39, 0.29) is 5.91 Å². The molecule has 0 aliphatic carbocycles. The van der Waals surface area contributed by atoms with Crippen LogP contribution in [0.3, 0.4) is 0 Å². The summed E-state index contributed by atoms with van der Waals surface area (Å²) in [5, 5.41) is 6.19. The fraction of sp³-hybridized carbons (Fsp3) is 0.217. The van der Waals surface area contributed by atoms with Crippen molar-refractivity contribution in [2.75, 3.05) is 35.7 Å². The summed E-state index contributed by atoms with van der Waals surface area (Å²) in [6, 6.07) is 17.4. The van der Waals surface area contributed by atoms with E-state index in [9.17, 15) is 4.79 Å². The van der Waals surface area contributed by atoms with Gasteiger partial charge in [-0.25, -0.2) is 0 Å². The summed E-state index contributed by atoms with van der Waals surface area (Å²) in [6.45, 7) is 2.20. The van der Waals surface area contributed by atoms with Gasteiger partial charge in [0.2, 0.25) is 0 Å². The van der Waals surface area contributed by atoms with E-state index in [1.807, 2.05) is 36.4 Å². The number of carbonyl (C=O) groups is 1. The van der Waals surface area contributed by atoms with Gasteiger partial charge in [0.25, 0.3) is 5.91 Å². The normalized spacial score (nSPS) is 13.2. The van der Waals surface area contributed by atoms with Crippen molar-refractivity contribution in [3.05, 3.63) is 72.6 Å². The van der Waals surface area contributed by atoms with Crippen LogP contribution in [-0.2, 0) is 0 Å². The van der Waals surface area contributed by atoms with Gasteiger partial charge in [-0.15, -0.1) is 0 Å². The van der Waals surface area contributed by atoms with Gasteiger partial charge >= 0.3 is 0 Å². The standard InChI is InChI=1S/C23H24N4O2/c1-29-22-7-3-2-6-21(22)25-19-14-17(15-24-16-19)23(28)26-18-8-10-20(11-9-18)27-12-4-5-13-27/h2-3,6-11,14-16,25H,4-5,12-13H2,1H3,(H,26,28). The average Bonchev–Trinajstić information content (AvgIpc) is 3.30. The van der Waals surface area contributed by atoms with Crippen LogP contribution in [0.25, 0.3) is 0 Å². The Bertz CT molecular complexity index is 982. The molecule has 0 bridgehead atoms. The molecule has 1 aliphatic rings. The third-order valence-electron chi connectivity index (χ3n) is 4.98. The van der Waals surface area contributed by atoms with Crippen molar-refractivity contribution < 1.29 is 9.53 Å². The predicted octanol–water partition coefficient (Wildman–Crippen LogP) is 4.69. The average molecular weight is 388 g/mol. The Morgan fingerprint density at radius 1 is 1.00 bits per heavy atom. The smallest absolute Gasteiger partial charge is 0.257 e. The SMILES string of the molecule is COc1ccccc1Nc1cncc(C(=O)Nc2ccc(N3CCCC3)cc2)c1. The number of carbonyl (C=O) groups excluding carboxylic acids is 1. The minimum absolute atomic E-state index is 0.199. The van der Waals surface area contributed by atoms with E-state index in [0.717, 1.165) is 30.2 Å². The third kappa shape index (κ3) is 4.48. The van der Waals surface area contributed by atoms with Gasteiger partial charge in [-0.2, -0.15) is 0 Å². The Balaban J connectivity index is 1.44. The molecule has 1 saturated heterocycles. The highest BCUT2D eigenvalue weighted by Crippen LogP contribution is 2.27. The first-order valence-electron chi connectivity index (χ1n) is 9.74. The lowest BCUT2D eigenvalue weighted by Crippen LogP contribution is -2.17. The molecule has 0 saturated carbocycles. The number of para-hydroxylation sites is 2. The molecule has 29 heavy (non-hydrogen) atoms. The van der Waals surface area contributed by atoms with Crippen LogP contribution in [0, 0.1) is 0 Å². The maximum atomic E-state index is 12.7. The summed E-state index contributed by atoms with van der Waals surface area (Å²) < 4.78 is 5.36. The molecule has 1 fully saturated rings. The molecule has 148 valence electrons. The summed E-state index contributed by atoms with van der Waals surface area (Å²) >= 11 is 0. The molecule has 4 rings (SSSR count). The van der Waals surface area contributed by atoms with Crippen molar-refractivity contribution in [1.82, 2.24) is 4.98 Å². The van der Waals surface area contributed by atoms with Crippen LogP contribution in [-0.4, -0.2) is 31.1 Å². The number of benzene rings is 2. The lowest BCUT2D eigenvalue weighted by atomic mass is 10.2. The predicted molar refractivity (Wildman–Crippen MR) is 116 cm³/mol. The molecular formula is C23H24N4O2. The molecule has 1 amide bonds. The van der Waals surface area contributed by atoms with Crippen molar-refractivity contribution in [2.45, 2.75) is 12.8 Å². The zero-order valence-electron chi connectivity index (χ0n) is 16.4. The molecule has 2 aromatic carbocycles. The Hall–Kier alpha value is -3.54. The number of ether oxygens (including phenoxy) is 1. The summed E-state index contributed by atoms with van der Waals surface area (Å²) in [5.41, 5.74) is 3.97. The number of anilines is 4. The van der Waals surface area contributed by atoms with Crippen LogP contribution in [0.1, 0.15) is 23.2 Å². The number of nitrogens with one attached hydrogen (secondary N) is 2. The lowest BCUT2D eigenvalue weighted by Gasteiger charge is -2.17. The molecule has 2 N–H and O–H groups in total. The van der Waals surface area contributed by atoms with E-state index in [1.54, 1.807) is 25.6 Å². The quantitative estimate of drug-likeness (QED) is 0.641. The molecule has 3 aromatic rings. The van der Waals surface area contributed by atoms with Crippen LogP contribution >= 0.6 is 0 Å². The second-order valence-electron chi connectivity index (χ2n) is 6.98. The second kappa shape index (κ2) is 8.65. The molecule has 1 aliphatic heterocycles. The van der Waals surface area contributed by atoms with Crippen LogP contribution in [0.15, 0.2) is 67.0 Å². The zero-order chi connectivity index (χ0) is 20.1. The van der Waals surface area contributed by atoms with Gasteiger partial charge in [-0.05, 0) is 55.3 Å². The van der Waals surface area contributed by atoms with Crippen molar-refractivity contribution in [1.29, 1.82) is 0 Å². The zero-order valence-corrected chi connectivity index (χ0v) is 16.4. The van der Waals surface area contributed by atoms with E-state index < -0.39 is 0 Å². The van der Waals surface area contributed by atoms with E-state index in [0.29, 0.717) is 11.3 Å². The number of methoxy groups -OCH3 is 1. The molecule has 0 spiro atoms. The number of hydrogen-bond donors (Lipinski definition) is 2. The van der Waals surface area contributed by atoms with E-state index in [1.165, 1.54) is 18.5 Å². The molecule has 0 unspecified atom stereocenters. The summed E-state index contributed by atoms with van der Waals surface area (Å²) in [7, 11) is 1.62.